The highest BCUT2D eigenvalue weighted by Crippen LogP contribution is 2.09. The Hall–Kier alpha value is -2.40. The summed E-state index contributed by atoms with van der Waals surface area (Å²) in [5.41, 5.74) is 3.38. The molecule has 0 fully saturated rings. The Morgan fingerprint density at radius 1 is 0.955 bits per heavy atom. The van der Waals surface area contributed by atoms with E-state index in [1.54, 1.807) is 6.21 Å². The monoisotopic (exact) mass is 291 g/mol. The molecule has 0 N–H and O–H groups in total. The van der Waals surface area contributed by atoms with E-state index in [0.717, 1.165) is 17.5 Å². The van der Waals surface area contributed by atoms with E-state index in [1.807, 2.05) is 30.3 Å². The molecule has 0 saturated heterocycles. The molecule has 0 heterocycles. The van der Waals surface area contributed by atoms with Gasteiger partial charge in [0.2, 0.25) is 0 Å². The number of nitrogens with zero attached hydrogens (tertiary/aromatic N) is 2. The summed E-state index contributed by atoms with van der Waals surface area (Å²) >= 11 is 0. The number of rotatable bonds is 6. The molecule has 0 bridgehead atoms. The Morgan fingerprint density at radius 2 is 1.73 bits per heavy atom. The van der Waals surface area contributed by atoms with Gasteiger partial charge in [-0.1, -0.05) is 68.7 Å². The largest absolute Gasteiger partial charge is 0.360 e. The second-order valence-electron chi connectivity index (χ2n) is 5.37. The van der Waals surface area contributed by atoms with Crippen molar-refractivity contribution in [2.24, 2.45) is 5.10 Å². The molecule has 0 unspecified atom stereocenters. The predicted octanol–water partition coefficient (Wildman–Crippen LogP) is 5.52. The summed E-state index contributed by atoms with van der Waals surface area (Å²) in [4.78, 5) is 3.97. The summed E-state index contributed by atoms with van der Waals surface area (Å²) in [6.07, 6.45) is 8.09. The summed E-state index contributed by atoms with van der Waals surface area (Å²) < 4.78 is 0. The zero-order chi connectivity index (χ0) is 15.5. The van der Waals surface area contributed by atoms with Crippen molar-refractivity contribution in [1.29, 1.82) is 0 Å². The zero-order valence-electron chi connectivity index (χ0n) is 13.2. The maximum Gasteiger partial charge on any atom is 0.360 e. The normalized spacial score (nSPS) is 10.4. The van der Waals surface area contributed by atoms with Crippen LogP contribution in [0.2, 0.25) is 0 Å². The van der Waals surface area contributed by atoms with Gasteiger partial charge in [-0.15, -0.1) is 0 Å². The zero-order valence-corrected chi connectivity index (χ0v) is 13.2. The maximum atomic E-state index is 4.02. The number of hydrogen-bond donors (Lipinski definition) is 0. The SMILES string of the molecule is CCCCCCc1ccc(C#[N+]N=Cc2ccccc2)cc1. The molecule has 2 nitrogen and oxygen atoms in total. The molecule has 112 valence electrons. The smallest absolute Gasteiger partial charge is 0.0654 e. The van der Waals surface area contributed by atoms with E-state index in [0.29, 0.717) is 0 Å². The van der Waals surface area contributed by atoms with E-state index in [4.69, 9.17) is 0 Å². The Kier molecular flexibility index (Phi) is 6.92. The van der Waals surface area contributed by atoms with Crippen molar-refractivity contribution in [3.63, 3.8) is 0 Å². The molecule has 0 amide bonds. The minimum absolute atomic E-state index is 0.961. The lowest BCUT2D eigenvalue weighted by Gasteiger charge is -2.00. The highest BCUT2D eigenvalue weighted by atomic mass is 15.2. The standard InChI is InChI=1S/C20H23N2/c1-2-3-4-6-9-18-12-14-20(15-13-18)17-22-21-16-19-10-7-5-8-11-19/h5,7-8,10-16H,2-4,6,9H2,1H3/q+1. The van der Waals surface area contributed by atoms with Crippen molar-refractivity contribution in [2.75, 3.05) is 0 Å². The molecule has 2 heteroatoms. The molecule has 0 aliphatic heterocycles. The molecule has 2 rings (SSSR count). The average Bonchev–Trinajstić information content (AvgIpc) is 2.58. The van der Waals surface area contributed by atoms with Crippen LogP contribution in [0.3, 0.4) is 0 Å². The van der Waals surface area contributed by atoms with Crippen LogP contribution in [0.5, 0.6) is 0 Å². The van der Waals surface area contributed by atoms with Crippen LogP contribution in [0.15, 0.2) is 59.7 Å². The first kappa shape index (κ1) is 16.0. The molecule has 0 saturated carbocycles. The van der Waals surface area contributed by atoms with Crippen LogP contribution in [0.4, 0.5) is 0 Å². The second kappa shape index (κ2) is 9.52. The van der Waals surface area contributed by atoms with E-state index in [2.05, 4.69) is 47.3 Å². The van der Waals surface area contributed by atoms with Gasteiger partial charge in [-0.25, -0.2) is 0 Å². The third-order valence-electron chi connectivity index (χ3n) is 3.52. The van der Waals surface area contributed by atoms with Gasteiger partial charge < -0.3 is 0 Å². The fourth-order valence-corrected chi connectivity index (χ4v) is 2.22. The molecule has 0 aromatic heterocycles. The quantitative estimate of drug-likeness (QED) is 0.378. The van der Waals surface area contributed by atoms with Crippen LogP contribution in [0.1, 0.15) is 49.3 Å². The molecular formula is C20H23N2+. The third-order valence-corrected chi connectivity index (χ3v) is 3.52. The van der Waals surface area contributed by atoms with E-state index in [1.165, 1.54) is 31.2 Å². The van der Waals surface area contributed by atoms with Crippen LogP contribution in [-0.2, 0) is 6.42 Å². The highest BCUT2D eigenvalue weighted by Gasteiger charge is 1.97. The van der Waals surface area contributed by atoms with Crippen LogP contribution < -0.4 is 0 Å². The van der Waals surface area contributed by atoms with Gasteiger partial charge in [0, 0.05) is 0 Å². The lowest BCUT2D eigenvalue weighted by atomic mass is 10.1. The Labute approximate surface area is 133 Å². The first-order valence-electron chi connectivity index (χ1n) is 8.01. The van der Waals surface area contributed by atoms with Gasteiger partial charge in [-0.3, -0.25) is 0 Å². The Bertz CT molecular complexity index is 631. The van der Waals surface area contributed by atoms with Crippen molar-refractivity contribution in [3.8, 4) is 6.07 Å². The van der Waals surface area contributed by atoms with Crippen molar-refractivity contribution in [1.82, 2.24) is 0 Å². The van der Waals surface area contributed by atoms with Crippen LogP contribution >= 0.6 is 0 Å². The van der Waals surface area contributed by atoms with E-state index in [9.17, 15) is 0 Å². The van der Waals surface area contributed by atoms with E-state index >= 15 is 0 Å². The first-order valence-corrected chi connectivity index (χ1v) is 8.01. The number of hydrogen-bond acceptors (Lipinski definition) is 1. The number of unbranched alkanes of at least 4 members (excludes halogenated alkanes) is 3. The van der Waals surface area contributed by atoms with Gasteiger partial charge >= 0.3 is 6.07 Å². The third kappa shape index (κ3) is 5.93. The van der Waals surface area contributed by atoms with Crippen LogP contribution in [0, 0.1) is 6.07 Å². The molecule has 0 aliphatic carbocycles. The van der Waals surface area contributed by atoms with Crippen molar-refractivity contribution in [2.45, 2.75) is 39.0 Å². The summed E-state index contributed by atoms with van der Waals surface area (Å²) in [6, 6.07) is 21.3. The van der Waals surface area contributed by atoms with Crippen molar-refractivity contribution >= 4 is 6.21 Å². The van der Waals surface area contributed by atoms with Gasteiger partial charge in [-0.2, -0.15) is 0 Å². The number of aryl methyl sites for hydroxylation is 1. The predicted molar refractivity (Wildman–Crippen MR) is 94.7 cm³/mol. The van der Waals surface area contributed by atoms with Gasteiger partial charge in [0.05, 0.1) is 0 Å². The van der Waals surface area contributed by atoms with Crippen molar-refractivity contribution < 1.29 is 0 Å². The maximum absolute atomic E-state index is 4.02. The fraction of sp³-hybridized carbons (Fsp3) is 0.300. The van der Waals surface area contributed by atoms with Gasteiger partial charge in [-0.05, 0) is 36.1 Å². The summed E-state index contributed by atoms with van der Waals surface area (Å²) in [6.45, 7) is 2.24. The van der Waals surface area contributed by atoms with Gasteiger partial charge in [0.1, 0.15) is 21.8 Å². The van der Waals surface area contributed by atoms with Crippen LogP contribution in [0.25, 0.3) is 4.95 Å². The summed E-state index contributed by atoms with van der Waals surface area (Å²) in [7, 11) is 0. The Morgan fingerprint density at radius 3 is 2.45 bits per heavy atom. The van der Waals surface area contributed by atoms with E-state index < -0.39 is 0 Å². The minimum Gasteiger partial charge on any atom is -0.0654 e. The molecule has 0 atom stereocenters. The van der Waals surface area contributed by atoms with Crippen LogP contribution in [-0.4, -0.2) is 6.21 Å². The molecular weight excluding hydrogens is 268 g/mol. The highest BCUT2D eigenvalue weighted by molar-refractivity contribution is 5.79. The molecule has 22 heavy (non-hydrogen) atoms. The lowest BCUT2D eigenvalue weighted by Crippen LogP contribution is -1.86. The molecule has 2 aromatic rings. The average molecular weight is 291 g/mol. The second-order valence-corrected chi connectivity index (χ2v) is 5.37. The molecule has 0 aliphatic rings. The minimum atomic E-state index is 0.961. The Balaban J connectivity index is 1.84. The first-order chi connectivity index (χ1) is 10.9. The molecule has 2 aromatic carbocycles. The summed E-state index contributed by atoms with van der Waals surface area (Å²) in [5.74, 6) is 0. The summed E-state index contributed by atoms with van der Waals surface area (Å²) in [5, 5.41) is 4.02. The fourth-order valence-electron chi connectivity index (χ4n) is 2.22. The molecule has 0 spiro atoms. The van der Waals surface area contributed by atoms with Gasteiger partial charge in [0.25, 0.3) is 0 Å². The molecule has 0 radical (unpaired) electrons. The lowest BCUT2D eigenvalue weighted by molar-refractivity contribution is 0.667. The van der Waals surface area contributed by atoms with E-state index in [-0.39, 0.29) is 0 Å². The van der Waals surface area contributed by atoms with Crippen molar-refractivity contribution in [3.05, 3.63) is 76.2 Å². The van der Waals surface area contributed by atoms with Gasteiger partial charge in [0.15, 0.2) is 0 Å². The topological polar surface area (TPSA) is 16.7 Å². The number of benzene rings is 2.